The van der Waals surface area contributed by atoms with E-state index in [1.54, 1.807) is 5.01 Å². The second-order valence-electron chi connectivity index (χ2n) is 6.72. The summed E-state index contributed by atoms with van der Waals surface area (Å²) in [5.41, 5.74) is 3.17. The molecule has 0 radical (unpaired) electrons. The number of ether oxygens (including phenoxy) is 1. The van der Waals surface area contributed by atoms with Gasteiger partial charge in [-0.2, -0.15) is 0 Å². The second kappa shape index (κ2) is 9.01. The van der Waals surface area contributed by atoms with Crippen LogP contribution >= 0.6 is 0 Å². The smallest absolute Gasteiger partial charge is 0.270 e. The summed E-state index contributed by atoms with van der Waals surface area (Å²) in [7, 11) is 0. The molecule has 0 aromatic heterocycles. The van der Waals surface area contributed by atoms with Crippen molar-refractivity contribution in [3.05, 3.63) is 65.7 Å². The van der Waals surface area contributed by atoms with Crippen molar-refractivity contribution >= 4 is 11.6 Å². The van der Waals surface area contributed by atoms with Gasteiger partial charge in [0.05, 0.1) is 6.61 Å². The molecule has 0 bridgehead atoms. The molecule has 6 nitrogen and oxygen atoms in total. The van der Waals surface area contributed by atoms with E-state index in [0.717, 1.165) is 23.4 Å². The number of nitrogens with zero attached hydrogens (tertiary/aromatic N) is 3. The number of hydrogen-bond acceptors (Lipinski definition) is 3. The van der Waals surface area contributed by atoms with Crippen LogP contribution in [0.3, 0.4) is 0 Å². The molecule has 3 rings (SSSR count). The zero-order chi connectivity index (χ0) is 19.1. The van der Waals surface area contributed by atoms with E-state index in [9.17, 15) is 4.79 Å². The van der Waals surface area contributed by atoms with Gasteiger partial charge in [0.15, 0.2) is 11.9 Å². The van der Waals surface area contributed by atoms with Crippen LogP contribution in [0.15, 0.2) is 59.8 Å². The van der Waals surface area contributed by atoms with Crippen LogP contribution in [-0.4, -0.2) is 40.7 Å². The first kappa shape index (κ1) is 18.7. The third-order valence-corrected chi connectivity index (χ3v) is 4.29. The maximum absolute atomic E-state index is 12.1. The van der Waals surface area contributed by atoms with Crippen molar-refractivity contribution in [2.24, 2.45) is 5.22 Å². The molecule has 1 unspecified atom stereocenters. The number of amides is 1. The lowest BCUT2D eigenvalue weighted by atomic mass is 10.1. The van der Waals surface area contributed by atoms with Gasteiger partial charge in [-0.3, -0.25) is 4.79 Å². The first-order valence-electron chi connectivity index (χ1n) is 9.13. The molecule has 1 saturated heterocycles. The highest BCUT2D eigenvalue weighted by Crippen LogP contribution is 2.17. The lowest BCUT2D eigenvalue weighted by Crippen LogP contribution is -2.31. The minimum atomic E-state index is -0.335. The van der Waals surface area contributed by atoms with Crippen molar-refractivity contribution in [3.8, 4) is 5.75 Å². The normalized spacial score (nSPS) is 15.9. The molecule has 2 aromatic rings. The average molecular weight is 365 g/mol. The molecule has 0 spiro atoms. The number of hydrogen-bond donors (Lipinski definition) is 1. The highest BCUT2D eigenvalue weighted by Gasteiger charge is 2.38. The highest BCUT2D eigenvalue weighted by molar-refractivity contribution is 5.83. The molecular weight excluding hydrogens is 340 g/mol. The van der Waals surface area contributed by atoms with E-state index in [1.165, 1.54) is 5.56 Å². The Morgan fingerprint density at radius 3 is 2.59 bits per heavy atom. The summed E-state index contributed by atoms with van der Waals surface area (Å²) in [6.07, 6.45) is 1.45. The van der Waals surface area contributed by atoms with Crippen LogP contribution in [0.25, 0.3) is 0 Å². The lowest BCUT2D eigenvalue weighted by molar-refractivity contribution is -0.150. The van der Waals surface area contributed by atoms with E-state index in [1.807, 2.05) is 56.3 Å². The zero-order valence-corrected chi connectivity index (χ0v) is 15.8. The Bertz CT molecular complexity index is 823. The molecule has 27 heavy (non-hydrogen) atoms. The van der Waals surface area contributed by atoms with Crippen molar-refractivity contribution < 1.29 is 14.3 Å². The lowest BCUT2D eigenvalue weighted by Gasteiger charge is -2.10. The quantitative estimate of drug-likeness (QED) is 0.466. The summed E-state index contributed by atoms with van der Waals surface area (Å²) in [6.45, 7) is 4.77. The van der Waals surface area contributed by atoms with Gasteiger partial charge in [-0.15, -0.1) is 5.01 Å². The molecule has 6 heteroatoms. The fourth-order valence-corrected chi connectivity index (χ4v) is 2.84. The van der Waals surface area contributed by atoms with Crippen LogP contribution in [-0.2, 0) is 17.6 Å². The minimum Gasteiger partial charge on any atom is -0.493 e. The van der Waals surface area contributed by atoms with Gasteiger partial charge < -0.3 is 10.1 Å². The predicted octanol–water partition coefficient (Wildman–Crippen LogP) is 2.66. The summed E-state index contributed by atoms with van der Waals surface area (Å²) < 4.78 is 5.82. The number of benzene rings is 2. The predicted molar refractivity (Wildman–Crippen MR) is 103 cm³/mol. The molecule has 140 valence electrons. The minimum absolute atomic E-state index is 0.0223. The van der Waals surface area contributed by atoms with Crippen LogP contribution in [0.1, 0.15) is 25.0 Å². The Morgan fingerprint density at radius 1 is 1.15 bits per heavy atom. The van der Waals surface area contributed by atoms with E-state index in [0.29, 0.717) is 19.7 Å². The Balaban J connectivity index is 1.55. The van der Waals surface area contributed by atoms with Crippen molar-refractivity contribution in [2.75, 3.05) is 13.3 Å². The summed E-state index contributed by atoms with van der Waals surface area (Å²) >= 11 is 0. The number of carbonyl (C=O) groups is 1. The summed E-state index contributed by atoms with van der Waals surface area (Å²) in [4.78, 5) is 16.2. The number of rotatable bonds is 7. The molecule has 1 amide bonds. The fourth-order valence-electron chi connectivity index (χ4n) is 2.84. The van der Waals surface area contributed by atoms with E-state index < -0.39 is 0 Å². The topological polar surface area (TPSA) is 68.0 Å². The second-order valence-corrected chi connectivity index (χ2v) is 6.72. The molecule has 1 heterocycles. The van der Waals surface area contributed by atoms with Gasteiger partial charge in [0, 0.05) is 26.7 Å². The maximum atomic E-state index is 12.1. The molecule has 1 N–H and O–H groups in total. The molecular formula is C21H25N4O2+. The number of carbonyl (C=O) groups excluding carboxylic acids is 1. The summed E-state index contributed by atoms with van der Waals surface area (Å²) in [6, 6.07) is 17.8. The first-order valence-corrected chi connectivity index (χ1v) is 9.13. The molecule has 1 aliphatic heterocycles. The molecule has 0 aliphatic carbocycles. The van der Waals surface area contributed by atoms with Crippen molar-refractivity contribution in [2.45, 2.75) is 32.7 Å². The Morgan fingerprint density at radius 2 is 1.89 bits per heavy atom. The SMILES string of the molecule is CC(C)=[N+]=NN1CNC(=O)C1Cc1ccc(OCCc2ccccc2)cc1. The Hall–Kier alpha value is -3.11. The maximum Gasteiger partial charge on any atom is 0.270 e. The van der Waals surface area contributed by atoms with E-state index in [-0.39, 0.29) is 11.9 Å². The third-order valence-electron chi connectivity index (χ3n) is 4.29. The largest absolute Gasteiger partial charge is 0.493 e. The molecule has 1 atom stereocenters. The van der Waals surface area contributed by atoms with Crippen molar-refractivity contribution in [1.29, 1.82) is 0 Å². The van der Waals surface area contributed by atoms with Gasteiger partial charge in [0.2, 0.25) is 11.8 Å². The Labute approximate surface area is 159 Å². The highest BCUT2D eigenvalue weighted by atomic mass is 16.5. The molecule has 2 aromatic carbocycles. The summed E-state index contributed by atoms with van der Waals surface area (Å²) in [5.74, 6) is 0.809. The fraction of sp³-hybridized carbons (Fsp3) is 0.333. The van der Waals surface area contributed by atoms with E-state index >= 15 is 0 Å². The molecule has 1 fully saturated rings. The first-order chi connectivity index (χ1) is 13.1. The third kappa shape index (κ3) is 5.43. The average Bonchev–Trinajstić information content (AvgIpc) is 3.02. The van der Waals surface area contributed by atoms with Crippen LogP contribution in [0.2, 0.25) is 0 Å². The molecule has 1 aliphatic rings. The van der Waals surface area contributed by atoms with Gasteiger partial charge in [-0.1, -0.05) is 47.3 Å². The molecule has 0 saturated carbocycles. The van der Waals surface area contributed by atoms with Gasteiger partial charge in [0.25, 0.3) is 5.91 Å². The Kier molecular flexibility index (Phi) is 6.23. The standard InChI is InChI=1S/C21H24N4O2/c1-16(2)23-24-25-15-22-21(26)20(25)14-18-8-10-19(11-9-18)27-13-12-17-6-4-3-5-7-17/h3-11,20H,12-15H2,1-2H3/p+1. The van der Waals surface area contributed by atoms with Crippen molar-refractivity contribution in [3.63, 3.8) is 0 Å². The number of nitrogens with one attached hydrogen (secondary N) is 1. The monoisotopic (exact) mass is 365 g/mol. The van der Waals surface area contributed by atoms with Crippen LogP contribution in [0, 0.1) is 0 Å². The van der Waals surface area contributed by atoms with Gasteiger partial charge in [-0.05, 0) is 23.3 Å². The van der Waals surface area contributed by atoms with E-state index in [2.05, 4.69) is 27.5 Å². The summed E-state index contributed by atoms with van der Waals surface area (Å²) in [5, 5.41) is 8.66. The van der Waals surface area contributed by atoms with Crippen LogP contribution < -0.4 is 10.1 Å². The van der Waals surface area contributed by atoms with Crippen LogP contribution in [0.5, 0.6) is 5.75 Å². The van der Waals surface area contributed by atoms with Crippen molar-refractivity contribution in [1.82, 2.24) is 10.3 Å². The van der Waals surface area contributed by atoms with Gasteiger partial charge in [-0.25, -0.2) is 0 Å². The van der Waals surface area contributed by atoms with Crippen LogP contribution in [0.4, 0.5) is 0 Å². The zero-order valence-electron chi connectivity index (χ0n) is 15.8. The van der Waals surface area contributed by atoms with Gasteiger partial charge in [0.1, 0.15) is 5.75 Å². The van der Waals surface area contributed by atoms with E-state index in [4.69, 9.17) is 4.74 Å². The van der Waals surface area contributed by atoms with Gasteiger partial charge >= 0.3 is 0 Å².